The molecule has 0 fully saturated rings. The normalized spacial score (nSPS) is 12.9. The number of hydrogen-bond donors (Lipinski definition) is 1. The Morgan fingerprint density at radius 2 is 1.60 bits per heavy atom. The predicted molar refractivity (Wildman–Crippen MR) is 85.3 cm³/mol. The number of nitrogens with two attached hydrogens (primary N) is 1. The summed E-state index contributed by atoms with van der Waals surface area (Å²) in [6.45, 7) is 0. The first-order valence-electron chi connectivity index (χ1n) is 6.62. The molecule has 0 bridgehead atoms. The van der Waals surface area contributed by atoms with Gasteiger partial charge >= 0.3 is 0 Å². The highest BCUT2D eigenvalue weighted by Gasteiger charge is 2.36. The Morgan fingerprint density at radius 1 is 1.05 bits per heavy atom. The summed E-state index contributed by atoms with van der Waals surface area (Å²) in [4.78, 5) is 12.0. The van der Waals surface area contributed by atoms with E-state index in [9.17, 15) is 4.79 Å². The number of para-hydroxylation sites is 1. The topological polar surface area (TPSA) is 48.0 Å². The summed E-state index contributed by atoms with van der Waals surface area (Å²) in [5.41, 5.74) is 7.30. The van der Waals surface area contributed by atoms with Gasteiger partial charge in [-0.1, -0.05) is 18.2 Å². The van der Waals surface area contributed by atoms with Crippen molar-refractivity contribution in [1.29, 1.82) is 0 Å². The molecule has 0 saturated heterocycles. The minimum absolute atomic E-state index is 0.378. The Bertz CT molecular complexity index is 671. The van der Waals surface area contributed by atoms with Crippen LogP contribution >= 0.6 is 0 Å². The van der Waals surface area contributed by atoms with Crippen molar-refractivity contribution in [1.82, 2.24) is 13.8 Å². The molecule has 1 heterocycles. The van der Waals surface area contributed by atoms with Crippen LogP contribution < -0.4 is 14.8 Å². The van der Waals surface area contributed by atoms with E-state index in [0.29, 0.717) is 14.6 Å². The first kappa shape index (κ1) is 14.6. The van der Waals surface area contributed by atoms with E-state index >= 15 is 0 Å². The lowest BCUT2D eigenvalue weighted by atomic mass is 10.1. The maximum atomic E-state index is 12.0. The lowest BCUT2D eigenvalue weighted by molar-refractivity contribution is 0.0999. The lowest BCUT2D eigenvalue weighted by Crippen LogP contribution is -2.51. The second-order valence-electron chi connectivity index (χ2n) is 6.85. The van der Waals surface area contributed by atoms with Gasteiger partial charge in [-0.25, -0.2) is 4.59 Å². The van der Waals surface area contributed by atoms with Crippen molar-refractivity contribution >= 4 is 22.6 Å². The minimum atomic E-state index is -0.378. The third-order valence-corrected chi connectivity index (χ3v) is 3.31. The Labute approximate surface area is 119 Å². The second-order valence-corrected chi connectivity index (χ2v) is 6.85. The van der Waals surface area contributed by atoms with E-state index in [1.165, 1.54) is 0 Å². The third-order valence-electron chi connectivity index (χ3n) is 3.31. The highest BCUT2D eigenvalue weighted by atomic mass is 16.1. The molecule has 5 heteroatoms. The molecule has 20 heavy (non-hydrogen) atoms. The molecular weight excluding hydrogens is 252 g/mol. The Hall–Kier alpha value is -1.85. The summed E-state index contributed by atoms with van der Waals surface area (Å²) in [6, 6.07) is 7.91. The van der Waals surface area contributed by atoms with Crippen LogP contribution in [-0.4, -0.2) is 52.9 Å². The molecule has 2 rings (SSSR count). The Balaban J connectivity index is 3.06. The average Bonchev–Trinajstić information content (AvgIpc) is 2.62. The Kier molecular flexibility index (Phi) is 3.15. The van der Waals surface area contributed by atoms with Crippen molar-refractivity contribution < 1.29 is 4.79 Å². The van der Waals surface area contributed by atoms with Gasteiger partial charge < -0.3 is 5.73 Å². The summed E-state index contributed by atoms with van der Waals surface area (Å²) >= 11 is 0. The number of quaternary nitrogens is 2. The highest BCUT2D eigenvalue weighted by molar-refractivity contribution is 6.11. The van der Waals surface area contributed by atoms with Crippen molar-refractivity contribution in [2.24, 2.45) is 5.73 Å². The molecule has 1 amide bonds. The zero-order valence-corrected chi connectivity index (χ0v) is 13.1. The van der Waals surface area contributed by atoms with E-state index in [1.54, 1.807) is 0 Å². The lowest BCUT2D eigenvalue weighted by Gasteiger charge is -2.32. The molecule has 5 nitrogen and oxygen atoms in total. The van der Waals surface area contributed by atoms with Gasteiger partial charge in [0.05, 0.1) is 42.3 Å². The van der Waals surface area contributed by atoms with Gasteiger partial charge in [0, 0.05) is 5.39 Å². The van der Waals surface area contributed by atoms with Crippen LogP contribution in [0.5, 0.6) is 0 Å². The van der Waals surface area contributed by atoms with Crippen LogP contribution in [0.2, 0.25) is 0 Å². The summed E-state index contributed by atoms with van der Waals surface area (Å²) < 4.78 is 3.26. The average molecular weight is 276 g/mol. The van der Waals surface area contributed by atoms with Crippen LogP contribution in [0.25, 0.3) is 10.9 Å². The number of hydrogen-bond acceptors (Lipinski definition) is 1. The van der Waals surface area contributed by atoms with Crippen LogP contribution in [0, 0.1) is 0 Å². The van der Waals surface area contributed by atoms with Gasteiger partial charge in [-0.2, -0.15) is 0 Å². The SMILES string of the molecule is C[N+](C)(C)c1c(C(N)=O)c2ccccc2n1[N+](C)(C)C. The maximum absolute atomic E-state index is 12.0. The van der Waals surface area contributed by atoms with Gasteiger partial charge in [0.2, 0.25) is 0 Å². The number of carbonyl (C=O) groups is 1. The first-order chi connectivity index (χ1) is 9.05. The number of aromatic nitrogens is 1. The molecule has 0 aliphatic rings. The van der Waals surface area contributed by atoms with Gasteiger partial charge in [0.25, 0.3) is 11.7 Å². The van der Waals surface area contributed by atoms with Gasteiger partial charge in [-0.05, 0) is 6.07 Å². The molecule has 2 N–H and O–H groups in total. The van der Waals surface area contributed by atoms with Gasteiger partial charge in [-0.3, -0.25) is 9.28 Å². The smallest absolute Gasteiger partial charge is 0.266 e. The molecule has 0 spiro atoms. The number of primary amides is 1. The second kappa shape index (κ2) is 4.33. The summed E-state index contributed by atoms with van der Waals surface area (Å²) in [5.74, 6) is 0.544. The van der Waals surface area contributed by atoms with E-state index in [2.05, 4.69) is 25.8 Å². The fourth-order valence-corrected chi connectivity index (χ4v) is 2.68. The molecule has 0 saturated carbocycles. The molecule has 0 atom stereocenters. The fraction of sp³-hybridized carbons (Fsp3) is 0.400. The first-order valence-corrected chi connectivity index (χ1v) is 6.62. The van der Waals surface area contributed by atoms with Gasteiger partial charge in [-0.15, -0.1) is 4.68 Å². The van der Waals surface area contributed by atoms with Crippen LogP contribution in [-0.2, 0) is 0 Å². The molecule has 2 aromatic rings. The maximum Gasteiger partial charge on any atom is 0.266 e. The number of benzene rings is 1. The number of fused-ring (bicyclic) bond motifs is 1. The zero-order valence-electron chi connectivity index (χ0n) is 13.1. The van der Waals surface area contributed by atoms with E-state index in [-0.39, 0.29) is 5.91 Å². The summed E-state index contributed by atoms with van der Waals surface area (Å²) in [6.07, 6.45) is 0. The molecule has 1 aromatic heterocycles. The molecule has 0 unspecified atom stereocenters. The van der Waals surface area contributed by atoms with Gasteiger partial charge in [0.1, 0.15) is 11.1 Å². The molecule has 108 valence electrons. The fourth-order valence-electron chi connectivity index (χ4n) is 2.68. The van der Waals surface area contributed by atoms with E-state index in [1.807, 2.05) is 45.4 Å². The van der Waals surface area contributed by atoms with E-state index in [0.717, 1.165) is 16.7 Å². The summed E-state index contributed by atoms with van der Waals surface area (Å²) in [7, 11) is 12.4. The van der Waals surface area contributed by atoms with E-state index in [4.69, 9.17) is 5.73 Å². The zero-order chi connectivity index (χ0) is 15.3. The van der Waals surface area contributed by atoms with Crippen LogP contribution in [0.1, 0.15) is 10.4 Å². The van der Waals surface area contributed by atoms with Crippen molar-refractivity contribution in [3.8, 4) is 0 Å². The molecule has 1 aromatic carbocycles. The molecule has 0 aliphatic heterocycles. The highest BCUT2D eigenvalue weighted by Crippen LogP contribution is 2.34. The Morgan fingerprint density at radius 3 is 2.05 bits per heavy atom. The number of nitrogens with zero attached hydrogens (tertiary/aromatic N) is 3. The van der Waals surface area contributed by atoms with Crippen LogP contribution in [0.3, 0.4) is 0 Å². The monoisotopic (exact) mass is 276 g/mol. The van der Waals surface area contributed by atoms with Crippen molar-refractivity contribution in [3.05, 3.63) is 29.8 Å². The standard InChI is InChI=1S/C15H23N4O/c1-18(2,3)15-13(14(16)20)11-9-7-8-10-12(11)17(15)19(4,5)6/h7-10H,1-6H3,(H-,16,20)/q+1/p+1. The van der Waals surface area contributed by atoms with E-state index < -0.39 is 0 Å². The van der Waals surface area contributed by atoms with Crippen LogP contribution in [0.4, 0.5) is 5.82 Å². The molecule has 0 aliphatic carbocycles. The number of carbonyl (C=O) groups excluding carboxylic acids is 1. The van der Waals surface area contributed by atoms with Crippen LogP contribution in [0.15, 0.2) is 24.3 Å². The van der Waals surface area contributed by atoms with Crippen molar-refractivity contribution in [2.75, 3.05) is 42.3 Å². The van der Waals surface area contributed by atoms with Gasteiger partial charge in [0.15, 0.2) is 0 Å². The minimum Gasteiger partial charge on any atom is -0.365 e. The van der Waals surface area contributed by atoms with Crippen molar-refractivity contribution in [2.45, 2.75) is 0 Å². The predicted octanol–water partition coefficient (Wildman–Crippen LogP) is 1.27. The quantitative estimate of drug-likeness (QED) is 0.843. The van der Waals surface area contributed by atoms with Crippen molar-refractivity contribution in [3.63, 3.8) is 0 Å². The number of rotatable bonds is 3. The summed E-state index contributed by atoms with van der Waals surface area (Å²) in [5, 5.41) is 0.913. The largest absolute Gasteiger partial charge is 0.365 e. The number of amides is 1. The molecular formula is C15H24N4O+2. The molecule has 0 radical (unpaired) electrons. The third kappa shape index (κ3) is 2.19.